The van der Waals surface area contributed by atoms with Gasteiger partial charge in [-0.3, -0.25) is 9.20 Å². The van der Waals surface area contributed by atoms with E-state index in [9.17, 15) is 4.79 Å². The van der Waals surface area contributed by atoms with Crippen LogP contribution in [0.5, 0.6) is 0 Å². The van der Waals surface area contributed by atoms with Gasteiger partial charge in [-0.2, -0.15) is 0 Å². The second kappa shape index (κ2) is 5.29. The first-order valence-corrected chi connectivity index (χ1v) is 7.88. The number of nitrogens with zero attached hydrogens (tertiary/aromatic N) is 2. The summed E-state index contributed by atoms with van der Waals surface area (Å²) in [4.78, 5) is 16.9. The summed E-state index contributed by atoms with van der Waals surface area (Å²) in [6, 6.07) is 11.2. The van der Waals surface area contributed by atoms with Crippen molar-refractivity contribution in [3.8, 4) is 0 Å². The molecule has 1 aromatic carbocycles. The van der Waals surface area contributed by atoms with Crippen LogP contribution in [-0.2, 0) is 0 Å². The number of carbonyl (C=O) groups is 1. The predicted octanol–water partition coefficient (Wildman–Crippen LogP) is 4.24. The summed E-state index contributed by atoms with van der Waals surface area (Å²) in [5.41, 5.74) is 3.13. The molecule has 0 unspecified atom stereocenters. The van der Waals surface area contributed by atoms with Gasteiger partial charge in [0, 0.05) is 10.0 Å². The minimum absolute atomic E-state index is 0.0160. The number of ketones is 1. The van der Waals surface area contributed by atoms with Crippen molar-refractivity contribution in [2.45, 2.75) is 6.92 Å². The Kier molecular flexibility index (Phi) is 3.64. The van der Waals surface area contributed by atoms with Crippen molar-refractivity contribution < 1.29 is 4.79 Å². The lowest BCUT2D eigenvalue weighted by Crippen LogP contribution is -2.08. The second-order valence-corrected chi connectivity index (χ2v) is 6.32. The summed E-state index contributed by atoms with van der Waals surface area (Å²) in [6.45, 7) is 2.02. The molecule has 0 aliphatic heterocycles. The van der Waals surface area contributed by atoms with Gasteiger partial charge in [0.25, 0.3) is 0 Å². The molecular weight excluding hydrogens is 431 g/mol. The lowest BCUT2D eigenvalue weighted by molar-refractivity contribution is 0.103. The quantitative estimate of drug-likeness (QED) is 0.339. The summed E-state index contributed by atoms with van der Waals surface area (Å²) >= 11 is 5.76. The fourth-order valence-electron chi connectivity index (χ4n) is 2.06. The van der Waals surface area contributed by atoms with Gasteiger partial charge in [-0.25, -0.2) is 4.98 Å². The molecule has 0 radical (unpaired) electrons. The number of imidazole rings is 1. The molecule has 0 saturated carbocycles. The molecule has 0 aliphatic carbocycles. The van der Waals surface area contributed by atoms with Crippen LogP contribution in [0.4, 0.5) is 0 Å². The minimum Gasteiger partial charge on any atom is -0.287 e. The van der Waals surface area contributed by atoms with E-state index in [0.717, 1.165) is 19.4 Å². The molecule has 0 N–H and O–H groups in total. The first kappa shape index (κ1) is 13.8. The lowest BCUT2D eigenvalue weighted by Gasteiger charge is -2.08. The second-order valence-electron chi connectivity index (χ2n) is 4.44. The molecule has 0 saturated heterocycles. The number of benzene rings is 1. The molecule has 3 rings (SSSR count). The van der Waals surface area contributed by atoms with Crippen molar-refractivity contribution in [3.63, 3.8) is 0 Å². The Balaban J connectivity index is 2.23. The predicted molar refractivity (Wildman–Crippen MR) is 90.2 cm³/mol. The van der Waals surface area contributed by atoms with Crippen molar-refractivity contribution in [3.05, 3.63) is 67.6 Å². The smallest absolute Gasteiger partial charge is 0.211 e. The first-order valence-electron chi connectivity index (χ1n) is 6.01. The number of hydrogen-bond acceptors (Lipinski definition) is 2. The zero-order valence-electron chi connectivity index (χ0n) is 10.6. The molecule has 0 atom stereocenters. The van der Waals surface area contributed by atoms with Gasteiger partial charge in [0.2, 0.25) is 5.78 Å². The van der Waals surface area contributed by atoms with Crippen LogP contribution in [0.25, 0.3) is 5.65 Å². The van der Waals surface area contributed by atoms with Crippen molar-refractivity contribution in [1.82, 2.24) is 9.38 Å². The number of carbonyl (C=O) groups excluding carboxylic acids is 1. The topological polar surface area (TPSA) is 34.4 Å². The van der Waals surface area contributed by atoms with Crippen molar-refractivity contribution in [2.24, 2.45) is 0 Å². The van der Waals surface area contributed by atoms with Gasteiger partial charge in [0.05, 0.1) is 9.90 Å². The van der Waals surface area contributed by atoms with E-state index in [-0.39, 0.29) is 5.78 Å². The van der Waals surface area contributed by atoms with Crippen LogP contribution in [0.1, 0.15) is 21.6 Å². The summed E-state index contributed by atoms with van der Waals surface area (Å²) in [7, 11) is 0. The number of pyridine rings is 1. The molecule has 0 bridgehead atoms. The average Bonchev–Trinajstić information content (AvgIpc) is 2.88. The van der Waals surface area contributed by atoms with Gasteiger partial charge in [-0.15, -0.1) is 0 Å². The van der Waals surface area contributed by atoms with Gasteiger partial charge in [-0.05, 0) is 41.1 Å². The molecule has 20 heavy (non-hydrogen) atoms. The molecule has 0 fully saturated rings. The summed E-state index contributed by atoms with van der Waals surface area (Å²) < 4.78 is 3.89. The Morgan fingerprint density at radius 2 is 2.00 bits per heavy atom. The highest BCUT2D eigenvalue weighted by atomic mass is 127. The summed E-state index contributed by atoms with van der Waals surface area (Å²) in [5.74, 6) is -0.0160. The fraction of sp³-hybridized carbons (Fsp3) is 0.0667. The Bertz CT molecular complexity index is 812. The van der Waals surface area contributed by atoms with Gasteiger partial charge >= 0.3 is 0 Å². The molecule has 5 heteroatoms. The molecule has 3 nitrogen and oxygen atoms in total. The molecule has 2 aromatic heterocycles. The lowest BCUT2D eigenvalue weighted by atomic mass is 10.1. The van der Waals surface area contributed by atoms with Crippen LogP contribution in [0.3, 0.4) is 0 Å². The van der Waals surface area contributed by atoms with Gasteiger partial charge in [0.15, 0.2) is 0 Å². The normalized spacial score (nSPS) is 10.9. The molecule has 0 amide bonds. The van der Waals surface area contributed by atoms with E-state index in [2.05, 4.69) is 43.5 Å². The maximum Gasteiger partial charge on any atom is 0.211 e. The monoisotopic (exact) mass is 440 g/mol. The molecular formula is C15H10BrIN2O. The number of halogens is 2. The van der Waals surface area contributed by atoms with Crippen LogP contribution in [0.2, 0.25) is 0 Å². The maximum absolute atomic E-state index is 12.6. The third-order valence-corrected chi connectivity index (χ3v) is 5.29. The third kappa shape index (κ3) is 2.18. The number of fused-ring (bicyclic) bond motifs is 1. The molecule has 0 aliphatic rings. The van der Waals surface area contributed by atoms with Crippen molar-refractivity contribution in [1.29, 1.82) is 0 Å². The summed E-state index contributed by atoms with van der Waals surface area (Å²) in [5, 5.41) is 0. The third-order valence-electron chi connectivity index (χ3n) is 3.18. The summed E-state index contributed by atoms with van der Waals surface area (Å²) in [6.07, 6.45) is 1.64. The number of hydrogen-bond donors (Lipinski definition) is 0. The van der Waals surface area contributed by atoms with Crippen molar-refractivity contribution in [2.75, 3.05) is 0 Å². The highest BCUT2D eigenvalue weighted by Gasteiger charge is 2.17. The van der Waals surface area contributed by atoms with E-state index >= 15 is 0 Å². The first-order chi connectivity index (χ1) is 9.59. The Morgan fingerprint density at radius 3 is 2.70 bits per heavy atom. The standard InChI is InChI=1S/C15H10BrIN2O/c1-9-11(16)7-13-18-8-12(19(13)15(9)17)14(20)10-5-3-2-4-6-10/h2-8H,1H3. The van der Waals surface area contributed by atoms with E-state index < -0.39 is 0 Å². The van der Waals surface area contributed by atoms with Crippen LogP contribution >= 0.6 is 38.5 Å². The van der Waals surface area contributed by atoms with E-state index in [4.69, 9.17) is 0 Å². The van der Waals surface area contributed by atoms with Crippen LogP contribution in [0, 0.1) is 10.6 Å². The van der Waals surface area contributed by atoms with E-state index in [1.807, 2.05) is 47.7 Å². The highest BCUT2D eigenvalue weighted by molar-refractivity contribution is 14.1. The number of rotatable bonds is 2. The zero-order valence-corrected chi connectivity index (χ0v) is 14.3. The average molecular weight is 441 g/mol. The van der Waals surface area contributed by atoms with Crippen LogP contribution < -0.4 is 0 Å². The SMILES string of the molecule is Cc1c(Br)cc2ncc(C(=O)c3ccccc3)n2c1I. The Hall–Kier alpha value is -1.21. The molecule has 100 valence electrons. The van der Waals surface area contributed by atoms with Gasteiger partial charge in [0.1, 0.15) is 11.3 Å². The van der Waals surface area contributed by atoms with E-state index in [1.165, 1.54) is 0 Å². The van der Waals surface area contributed by atoms with Crippen molar-refractivity contribution >= 4 is 50.0 Å². The molecule has 2 heterocycles. The Labute approximate surface area is 138 Å². The highest BCUT2D eigenvalue weighted by Crippen LogP contribution is 2.25. The Morgan fingerprint density at radius 1 is 1.30 bits per heavy atom. The van der Waals surface area contributed by atoms with Gasteiger partial charge < -0.3 is 0 Å². The fourth-order valence-corrected chi connectivity index (χ4v) is 3.62. The molecule has 0 spiro atoms. The maximum atomic E-state index is 12.6. The van der Waals surface area contributed by atoms with E-state index in [1.54, 1.807) is 6.20 Å². The van der Waals surface area contributed by atoms with Gasteiger partial charge in [-0.1, -0.05) is 46.3 Å². The van der Waals surface area contributed by atoms with Crippen LogP contribution in [0.15, 0.2) is 47.1 Å². The zero-order chi connectivity index (χ0) is 14.3. The number of aromatic nitrogens is 2. The van der Waals surface area contributed by atoms with Crippen LogP contribution in [-0.4, -0.2) is 15.2 Å². The molecule has 3 aromatic rings. The largest absolute Gasteiger partial charge is 0.287 e. The minimum atomic E-state index is -0.0160. The van der Waals surface area contributed by atoms with E-state index in [0.29, 0.717) is 11.3 Å².